The first-order valence-corrected chi connectivity index (χ1v) is 12.7. The van der Waals surface area contributed by atoms with Gasteiger partial charge in [0.25, 0.3) is 11.5 Å². The maximum absolute atomic E-state index is 13.2. The van der Waals surface area contributed by atoms with E-state index in [-0.39, 0.29) is 18.1 Å². The molecule has 2 amide bonds. The van der Waals surface area contributed by atoms with E-state index in [0.29, 0.717) is 40.3 Å². The van der Waals surface area contributed by atoms with Gasteiger partial charge in [-0.25, -0.2) is 0 Å². The molecule has 0 fully saturated rings. The number of ether oxygens (including phenoxy) is 1. The number of fused-ring (bicyclic) bond motifs is 1. The second kappa shape index (κ2) is 13.0. The van der Waals surface area contributed by atoms with E-state index in [0.717, 1.165) is 23.3 Å². The molecule has 0 spiro atoms. The number of carbonyl (C=O) groups excluding carboxylic acids is 2. The van der Waals surface area contributed by atoms with E-state index in [4.69, 9.17) is 16.3 Å². The van der Waals surface area contributed by atoms with Crippen molar-refractivity contribution in [3.05, 3.63) is 93.6 Å². The molecule has 4 rings (SSSR count). The number of methoxy groups -OCH3 is 1. The number of rotatable bonds is 11. The van der Waals surface area contributed by atoms with Crippen molar-refractivity contribution in [1.29, 1.82) is 0 Å². The van der Waals surface area contributed by atoms with E-state index >= 15 is 0 Å². The Balaban J connectivity index is 1.39. The first-order chi connectivity index (χ1) is 18.9. The van der Waals surface area contributed by atoms with Crippen molar-refractivity contribution >= 4 is 34.2 Å². The Morgan fingerprint density at radius 3 is 2.51 bits per heavy atom. The van der Waals surface area contributed by atoms with Crippen LogP contribution in [0.4, 0.5) is 0 Å². The van der Waals surface area contributed by atoms with Gasteiger partial charge in [-0.1, -0.05) is 35.9 Å². The molecule has 202 valence electrons. The highest BCUT2D eigenvalue weighted by molar-refractivity contribution is 6.32. The van der Waals surface area contributed by atoms with Crippen molar-refractivity contribution in [3.8, 4) is 11.4 Å². The average molecular weight is 549 g/mol. The minimum atomic E-state index is -0.581. The van der Waals surface area contributed by atoms with Crippen LogP contribution in [0.3, 0.4) is 0 Å². The zero-order valence-electron chi connectivity index (χ0n) is 21.7. The largest absolute Gasteiger partial charge is 0.495 e. The molecule has 0 saturated heterocycles. The summed E-state index contributed by atoms with van der Waals surface area (Å²) in [6.45, 7) is 1.64. The van der Waals surface area contributed by atoms with Crippen LogP contribution in [0.15, 0.2) is 71.7 Å². The smallest absolute Gasteiger partial charge is 0.279 e. The van der Waals surface area contributed by atoms with E-state index < -0.39 is 11.5 Å². The summed E-state index contributed by atoms with van der Waals surface area (Å²) in [5.74, 6) is -0.471. The van der Waals surface area contributed by atoms with E-state index in [2.05, 4.69) is 25.6 Å². The Morgan fingerprint density at radius 2 is 1.79 bits per heavy atom. The molecule has 0 aliphatic heterocycles. The minimum Gasteiger partial charge on any atom is -0.495 e. The van der Waals surface area contributed by atoms with Crippen LogP contribution in [0.1, 0.15) is 16.2 Å². The summed E-state index contributed by atoms with van der Waals surface area (Å²) in [5.41, 5.74) is 0.988. The van der Waals surface area contributed by atoms with Crippen molar-refractivity contribution in [2.24, 2.45) is 0 Å². The summed E-state index contributed by atoms with van der Waals surface area (Å²) in [5, 5.41) is 10.7. The monoisotopic (exact) mass is 548 g/mol. The molecule has 2 N–H and O–H groups in total. The number of hydrogen-bond acceptors (Lipinski definition) is 7. The van der Waals surface area contributed by atoms with Gasteiger partial charge < -0.3 is 20.3 Å². The highest BCUT2D eigenvalue weighted by Crippen LogP contribution is 2.26. The lowest BCUT2D eigenvalue weighted by Gasteiger charge is -2.16. The SMILES string of the molecule is COc1ccc(-n2nc(C(=O)NCC(=O)NCCN(C)CCc3ccccn3)c3ccccc3c2=O)cc1Cl. The van der Waals surface area contributed by atoms with Crippen LogP contribution < -0.4 is 20.9 Å². The summed E-state index contributed by atoms with van der Waals surface area (Å²) < 4.78 is 6.29. The van der Waals surface area contributed by atoms with Crippen molar-refractivity contribution in [2.75, 3.05) is 40.3 Å². The molecule has 39 heavy (non-hydrogen) atoms. The van der Waals surface area contributed by atoms with Crippen LogP contribution in [0.5, 0.6) is 5.75 Å². The van der Waals surface area contributed by atoms with Crippen molar-refractivity contribution < 1.29 is 14.3 Å². The normalized spacial score (nSPS) is 11.0. The third-order valence-electron chi connectivity index (χ3n) is 6.10. The summed E-state index contributed by atoms with van der Waals surface area (Å²) in [4.78, 5) is 45.1. The lowest BCUT2D eigenvalue weighted by atomic mass is 10.1. The number of pyridine rings is 1. The summed E-state index contributed by atoms with van der Waals surface area (Å²) >= 11 is 6.25. The fourth-order valence-electron chi connectivity index (χ4n) is 3.98. The van der Waals surface area contributed by atoms with Gasteiger partial charge in [-0.05, 0) is 43.4 Å². The van der Waals surface area contributed by atoms with Gasteiger partial charge in [0.1, 0.15) is 5.75 Å². The van der Waals surface area contributed by atoms with Crippen molar-refractivity contribution in [3.63, 3.8) is 0 Å². The molecule has 10 nitrogen and oxygen atoms in total. The Morgan fingerprint density at radius 1 is 1.03 bits per heavy atom. The molecule has 2 aromatic carbocycles. The second-order valence-electron chi connectivity index (χ2n) is 8.84. The van der Waals surface area contributed by atoms with Crippen LogP contribution in [0.25, 0.3) is 16.5 Å². The molecule has 11 heteroatoms. The number of aromatic nitrogens is 3. The van der Waals surface area contributed by atoms with E-state index in [9.17, 15) is 14.4 Å². The number of hydrogen-bond donors (Lipinski definition) is 2. The topological polar surface area (TPSA) is 118 Å². The Labute approximate surface area is 230 Å². The van der Waals surface area contributed by atoms with Crippen LogP contribution in [-0.4, -0.2) is 71.8 Å². The molecule has 2 heterocycles. The van der Waals surface area contributed by atoms with Crippen LogP contribution in [0, 0.1) is 0 Å². The average Bonchev–Trinajstić information content (AvgIpc) is 2.95. The Hall–Kier alpha value is -4.28. The zero-order valence-corrected chi connectivity index (χ0v) is 22.4. The first-order valence-electron chi connectivity index (χ1n) is 12.4. The van der Waals surface area contributed by atoms with Gasteiger partial charge in [0.05, 0.1) is 29.8 Å². The van der Waals surface area contributed by atoms with Gasteiger partial charge in [-0.2, -0.15) is 9.78 Å². The number of likely N-dealkylation sites (N-methyl/N-ethyl adjacent to an activating group) is 1. The molecule has 0 aliphatic rings. The van der Waals surface area contributed by atoms with Crippen LogP contribution >= 0.6 is 11.6 Å². The third-order valence-corrected chi connectivity index (χ3v) is 6.40. The molecule has 0 bridgehead atoms. The number of nitrogens with one attached hydrogen (secondary N) is 2. The first kappa shape index (κ1) is 27.7. The van der Waals surface area contributed by atoms with E-state index in [1.165, 1.54) is 13.2 Å². The zero-order chi connectivity index (χ0) is 27.8. The maximum Gasteiger partial charge on any atom is 0.279 e. The molecule has 4 aromatic rings. The molecular formula is C28H29ClN6O4. The molecule has 0 radical (unpaired) electrons. The Kier molecular flexibility index (Phi) is 9.24. The van der Waals surface area contributed by atoms with Crippen LogP contribution in [-0.2, 0) is 11.2 Å². The number of carbonyl (C=O) groups is 2. The third kappa shape index (κ3) is 6.98. The van der Waals surface area contributed by atoms with Gasteiger partial charge in [0.15, 0.2) is 5.69 Å². The molecule has 0 unspecified atom stereocenters. The van der Waals surface area contributed by atoms with Gasteiger partial charge in [-0.15, -0.1) is 0 Å². The standard InChI is InChI=1S/C28H29ClN6O4/c1-34(15-12-19-7-5-6-13-30-19)16-14-31-25(36)18-32-27(37)26-21-8-3-4-9-22(21)28(38)35(33-26)20-10-11-24(39-2)23(29)17-20/h3-11,13,17H,12,14-16,18H2,1-2H3,(H,31,36)(H,32,37). The number of halogens is 1. The van der Waals surface area contributed by atoms with Gasteiger partial charge in [0, 0.05) is 43.3 Å². The Bertz CT molecular complexity index is 1530. The predicted molar refractivity (Wildman–Crippen MR) is 150 cm³/mol. The van der Waals surface area contributed by atoms with E-state index in [1.54, 1.807) is 42.6 Å². The second-order valence-corrected chi connectivity index (χ2v) is 9.24. The molecule has 0 atom stereocenters. The molecular weight excluding hydrogens is 520 g/mol. The molecule has 2 aromatic heterocycles. The quantitative estimate of drug-likeness (QED) is 0.295. The molecule has 0 saturated carbocycles. The highest BCUT2D eigenvalue weighted by Gasteiger charge is 2.18. The number of nitrogens with zero attached hydrogens (tertiary/aromatic N) is 4. The number of amides is 2. The van der Waals surface area contributed by atoms with Gasteiger partial charge in [-0.3, -0.25) is 19.4 Å². The van der Waals surface area contributed by atoms with Crippen molar-refractivity contribution in [1.82, 2.24) is 30.3 Å². The van der Waals surface area contributed by atoms with Crippen molar-refractivity contribution in [2.45, 2.75) is 6.42 Å². The minimum absolute atomic E-state index is 0.0131. The van der Waals surface area contributed by atoms with Gasteiger partial charge >= 0.3 is 0 Å². The fourth-order valence-corrected chi connectivity index (χ4v) is 4.23. The van der Waals surface area contributed by atoms with Crippen LogP contribution in [0.2, 0.25) is 5.02 Å². The van der Waals surface area contributed by atoms with E-state index in [1.807, 2.05) is 25.2 Å². The summed E-state index contributed by atoms with van der Waals surface area (Å²) in [6, 6.07) is 17.3. The maximum atomic E-state index is 13.2. The summed E-state index contributed by atoms with van der Waals surface area (Å²) in [6.07, 6.45) is 2.58. The van der Waals surface area contributed by atoms with Gasteiger partial charge in [0.2, 0.25) is 5.91 Å². The molecule has 0 aliphatic carbocycles. The lowest BCUT2D eigenvalue weighted by molar-refractivity contribution is -0.120. The highest BCUT2D eigenvalue weighted by atomic mass is 35.5. The summed E-state index contributed by atoms with van der Waals surface area (Å²) in [7, 11) is 3.46. The lowest BCUT2D eigenvalue weighted by Crippen LogP contribution is -2.40. The number of benzene rings is 2. The predicted octanol–water partition coefficient (Wildman–Crippen LogP) is 2.46. The fraction of sp³-hybridized carbons (Fsp3) is 0.250.